The van der Waals surface area contributed by atoms with Crippen molar-refractivity contribution < 1.29 is 27.8 Å². The van der Waals surface area contributed by atoms with Crippen LogP contribution in [0.25, 0.3) is 6.08 Å². The van der Waals surface area contributed by atoms with Gasteiger partial charge in [-0.1, -0.05) is 13.0 Å². The fraction of sp³-hybridized carbons (Fsp3) is 0.250. The van der Waals surface area contributed by atoms with Crippen molar-refractivity contribution in [3.05, 3.63) is 53.6 Å². The summed E-state index contributed by atoms with van der Waals surface area (Å²) in [6.45, 7) is 2.62. The molecule has 1 aliphatic heterocycles. The molecule has 0 spiro atoms. The highest BCUT2D eigenvalue weighted by atomic mass is 32.2. The van der Waals surface area contributed by atoms with Gasteiger partial charge >= 0.3 is 5.97 Å². The smallest absolute Gasteiger partial charge is 0.331 e. The van der Waals surface area contributed by atoms with E-state index >= 15 is 0 Å². The van der Waals surface area contributed by atoms with Gasteiger partial charge in [-0.15, -0.1) is 0 Å². The molecule has 7 heteroatoms. The molecule has 1 heterocycles. The lowest BCUT2D eigenvalue weighted by molar-refractivity contribution is -0.132. The zero-order chi connectivity index (χ0) is 19.4. The van der Waals surface area contributed by atoms with Gasteiger partial charge in [0.05, 0.1) is 17.3 Å². The molecule has 2 aromatic carbocycles. The summed E-state index contributed by atoms with van der Waals surface area (Å²) in [5.41, 5.74) is 0.380. The van der Waals surface area contributed by atoms with E-state index in [9.17, 15) is 18.3 Å². The van der Waals surface area contributed by atoms with Crippen LogP contribution in [-0.4, -0.2) is 31.9 Å². The molecular weight excluding hydrogens is 368 g/mol. The van der Waals surface area contributed by atoms with Crippen LogP contribution in [0.2, 0.25) is 0 Å². The van der Waals surface area contributed by atoms with Gasteiger partial charge in [-0.05, 0) is 54.8 Å². The molecule has 6 nitrogen and oxygen atoms in total. The quantitative estimate of drug-likeness (QED) is 0.807. The molecular formula is C20H20O6S. The van der Waals surface area contributed by atoms with Crippen molar-refractivity contribution in [1.82, 2.24) is 0 Å². The van der Waals surface area contributed by atoms with E-state index in [1.165, 1.54) is 12.1 Å². The Morgan fingerprint density at radius 1 is 1.11 bits per heavy atom. The first-order chi connectivity index (χ1) is 12.9. The zero-order valence-corrected chi connectivity index (χ0v) is 15.7. The average molecular weight is 388 g/mol. The Bertz CT molecular complexity index is 991. The fourth-order valence-corrected chi connectivity index (χ4v) is 4.21. The van der Waals surface area contributed by atoms with Crippen molar-refractivity contribution in [1.29, 1.82) is 0 Å². The third kappa shape index (κ3) is 4.49. The lowest BCUT2D eigenvalue weighted by Gasteiger charge is -2.11. The lowest BCUT2D eigenvalue weighted by atomic mass is 10.1. The standard InChI is InChI=1S/C20H20O6S/c1-2-9-25-16-4-3-5-17(13-16)26-18-6-7-19-15(12-18)11-14(20(21)22)8-10-27(19,23)24/h3-7,11-13H,2,8-10H2,1H3,(H,21,22). The van der Waals surface area contributed by atoms with Crippen LogP contribution >= 0.6 is 0 Å². The van der Waals surface area contributed by atoms with Crippen molar-refractivity contribution in [2.45, 2.75) is 24.7 Å². The predicted molar refractivity (Wildman–Crippen MR) is 101 cm³/mol. The maximum absolute atomic E-state index is 12.4. The summed E-state index contributed by atoms with van der Waals surface area (Å²) in [6, 6.07) is 11.7. The third-order valence-corrected chi connectivity index (χ3v) is 5.86. The highest BCUT2D eigenvalue weighted by Gasteiger charge is 2.24. The van der Waals surface area contributed by atoms with Gasteiger partial charge in [0.1, 0.15) is 17.2 Å². The van der Waals surface area contributed by atoms with Crippen molar-refractivity contribution in [3.8, 4) is 17.2 Å². The monoisotopic (exact) mass is 388 g/mol. The minimum atomic E-state index is -3.54. The molecule has 142 valence electrons. The second-order valence-corrected chi connectivity index (χ2v) is 8.25. The largest absolute Gasteiger partial charge is 0.493 e. The van der Waals surface area contributed by atoms with Gasteiger partial charge in [0.25, 0.3) is 0 Å². The van der Waals surface area contributed by atoms with Gasteiger partial charge in [0.15, 0.2) is 9.84 Å². The molecule has 0 bridgehead atoms. The number of ether oxygens (including phenoxy) is 2. The van der Waals surface area contributed by atoms with Gasteiger partial charge < -0.3 is 14.6 Å². The summed E-state index contributed by atoms with van der Waals surface area (Å²) < 4.78 is 36.2. The maximum atomic E-state index is 12.4. The molecule has 3 rings (SSSR count). The lowest BCUT2D eigenvalue weighted by Crippen LogP contribution is -2.08. The van der Waals surface area contributed by atoms with Crippen LogP contribution in [0.5, 0.6) is 17.2 Å². The summed E-state index contributed by atoms with van der Waals surface area (Å²) in [5, 5.41) is 9.26. The number of aliphatic carboxylic acids is 1. The minimum Gasteiger partial charge on any atom is -0.493 e. The van der Waals surface area contributed by atoms with E-state index in [-0.39, 0.29) is 22.6 Å². The van der Waals surface area contributed by atoms with Gasteiger partial charge in [-0.25, -0.2) is 13.2 Å². The number of sulfone groups is 1. The van der Waals surface area contributed by atoms with E-state index in [0.29, 0.717) is 29.4 Å². The molecule has 0 aliphatic carbocycles. The van der Waals surface area contributed by atoms with E-state index < -0.39 is 15.8 Å². The van der Waals surface area contributed by atoms with Crippen LogP contribution in [0.3, 0.4) is 0 Å². The molecule has 0 unspecified atom stereocenters. The first-order valence-electron chi connectivity index (χ1n) is 8.60. The van der Waals surface area contributed by atoms with Gasteiger partial charge in [0, 0.05) is 11.6 Å². The van der Waals surface area contributed by atoms with E-state index in [1.807, 2.05) is 13.0 Å². The molecule has 1 aliphatic rings. The predicted octanol–water partition coefficient (Wildman–Crippen LogP) is 3.91. The van der Waals surface area contributed by atoms with Crippen molar-refractivity contribution >= 4 is 21.9 Å². The summed E-state index contributed by atoms with van der Waals surface area (Å²) in [7, 11) is -3.54. The summed E-state index contributed by atoms with van der Waals surface area (Å²) in [6.07, 6.45) is 2.26. The SMILES string of the molecule is CCCOc1cccc(Oc2ccc3c(c2)C=C(C(=O)O)CCS3(=O)=O)c1. The first-order valence-corrected chi connectivity index (χ1v) is 10.3. The molecule has 0 atom stereocenters. The van der Waals surface area contributed by atoms with E-state index in [0.717, 1.165) is 6.42 Å². The number of benzene rings is 2. The molecule has 0 saturated heterocycles. The maximum Gasteiger partial charge on any atom is 0.331 e. The van der Waals surface area contributed by atoms with Crippen molar-refractivity contribution in [2.24, 2.45) is 0 Å². The number of hydrogen-bond donors (Lipinski definition) is 1. The normalized spacial score (nSPS) is 15.2. The summed E-state index contributed by atoms with van der Waals surface area (Å²) in [4.78, 5) is 11.4. The second kappa shape index (κ2) is 7.84. The first kappa shape index (κ1) is 19.0. The number of carbonyl (C=O) groups is 1. The van der Waals surface area contributed by atoms with Crippen LogP contribution < -0.4 is 9.47 Å². The summed E-state index contributed by atoms with van der Waals surface area (Å²) in [5.74, 6) is 0.293. The Morgan fingerprint density at radius 2 is 1.85 bits per heavy atom. The van der Waals surface area contributed by atoms with Crippen molar-refractivity contribution in [2.75, 3.05) is 12.4 Å². The number of carboxylic acid groups (broad SMARTS) is 1. The van der Waals surface area contributed by atoms with Gasteiger partial charge in [-0.3, -0.25) is 0 Å². The highest BCUT2D eigenvalue weighted by molar-refractivity contribution is 7.91. The average Bonchev–Trinajstić information content (AvgIpc) is 2.76. The number of carboxylic acids is 1. The Morgan fingerprint density at radius 3 is 2.59 bits per heavy atom. The molecule has 0 aromatic heterocycles. The van der Waals surface area contributed by atoms with Crippen LogP contribution in [0.1, 0.15) is 25.3 Å². The zero-order valence-electron chi connectivity index (χ0n) is 14.8. The number of rotatable bonds is 6. The molecule has 0 saturated carbocycles. The Kier molecular flexibility index (Phi) is 5.51. The van der Waals surface area contributed by atoms with E-state index in [2.05, 4.69) is 0 Å². The van der Waals surface area contributed by atoms with Crippen LogP contribution in [0, 0.1) is 0 Å². The van der Waals surface area contributed by atoms with Gasteiger partial charge in [-0.2, -0.15) is 0 Å². The summed E-state index contributed by atoms with van der Waals surface area (Å²) >= 11 is 0. The topological polar surface area (TPSA) is 89.9 Å². The number of fused-ring (bicyclic) bond motifs is 1. The molecule has 1 N–H and O–H groups in total. The van der Waals surface area contributed by atoms with Gasteiger partial charge in [0.2, 0.25) is 0 Å². The Labute approximate surface area is 158 Å². The van der Waals surface area contributed by atoms with Crippen LogP contribution in [0.4, 0.5) is 0 Å². The van der Waals surface area contributed by atoms with Crippen molar-refractivity contribution in [3.63, 3.8) is 0 Å². The Hall–Kier alpha value is -2.80. The number of hydrogen-bond acceptors (Lipinski definition) is 5. The molecule has 0 amide bonds. The van der Waals surface area contributed by atoms with Crippen LogP contribution in [-0.2, 0) is 14.6 Å². The Balaban J connectivity index is 1.93. The molecule has 0 fully saturated rings. The third-order valence-electron chi connectivity index (χ3n) is 4.07. The highest BCUT2D eigenvalue weighted by Crippen LogP contribution is 2.32. The molecule has 2 aromatic rings. The minimum absolute atomic E-state index is 0.0284. The molecule has 27 heavy (non-hydrogen) atoms. The van der Waals surface area contributed by atoms with E-state index in [1.54, 1.807) is 30.3 Å². The van der Waals surface area contributed by atoms with Crippen LogP contribution in [0.15, 0.2) is 52.9 Å². The fourth-order valence-electron chi connectivity index (χ4n) is 2.75. The second-order valence-electron chi connectivity index (χ2n) is 6.17. The van der Waals surface area contributed by atoms with E-state index in [4.69, 9.17) is 9.47 Å². The molecule has 0 radical (unpaired) electrons.